The van der Waals surface area contributed by atoms with Crippen LogP contribution in [0.5, 0.6) is 0 Å². The third-order valence-corrected chi connectivity index (χ3v) is 4.01. The monoisotopic (exact) mass is 241 g/mol. The van der Waals surface area contributed by atoms with Crippen LogP contribution in [0.25, 0.3) is 0 Å². The Hall–Kier alpha value is -0.120. The van der Waals surface area contributed by atoms with Gasteiger partial charge in [0, 0.05) is 26.4 Å². The normalized spacial score (nSPS) is 24.0. The van der Waals surface area contributed by atoms with Crippen molar-refractivity contribution in [2.24, 2.45) is 5.92 Å². The SMILES string of the molecule is C1CCN(CCOCCC2CCOCC2)CC1. The summed E-state index contributed by atoms with van der Waals surface area (Å²) in [6.45, 7) is 7.47. The first-order valence-corrected chi connectivity index (χ1v) is 7.33. The van der Waals surface area contributed by atoms with Crippen LogP contribution in [0.15, 0.2) is 0 Å². The first kappa shape index (κ1) is 13.3. The Morgan fingerprint density at radius 1 is 1.00 bits per heavy atom. The highest BCUT2D eigenvalue weighted by Crippen LogP contribution is 2.18. The number of nitrogens with zero attached hydrogens (tertiary/aromatic N) is 1. The van der Waals surface area contributed by atoms with E-state index in [-0.39, 0.29) is 0 Å². The molecule has 0 aromatic heterocycles. The van der Waals surface area contributed by atoms with Gasteiger partial charge in [0.2, 0.25) is 0 Å². The molecule has 2 rings (SSSR count). The third-order valence-electron chi connectivity index (χ3n) is 4.01. The van der Waals surface area contributed by atoms with Gasteiger partial charge in [0.25, 0.3) is 0 Å². The molecule has 0 atom stereocenters. The molecule has 2 saturated heterocycles. The van der Waals surface area contributed by atoms with Gasteiger partial charge in [-0.3, -0.25) is 0 Å². The van der Waals surface area contributed by atoms with Gasteiger partial charge < -0.3 is 14.4 Å². The molecule has 100 valence electrons. The lowest BCUT2D eigenvalue weighted by atomic mass is 9.97. The molecule has 2 aliphatic heterocycles. The number of ether oxygens (including phenoxy) is 2. The second-order valence-electron chi connectivity index (χ2n) is 5.36. The Balaban J connectivity index is 1.42. The van der Waals surface area contributed by atoms with Crippen molar-refractivity contribution in [1.29, 1.82) is 0 Å². The first-order valence-electron chi connectivity index (χ1n) is 7.33. The third kappa shape index (κ3) is 5.36. The predicted octanol–water partition coefficient (Wildman–Crippen LogP) is 2.31. The van der Waals surface area contributed by atoms with Gasteiger partial charge in [-0.2, -0.15) is 0 Å². The molecule has 0 saturated carbocycles. The zero-order valence-corrected chi connectivity index (χ0v) is 11.0. The molecule has 2 aliphatic rings. The second-order valence-corrected chi connectivity index (χ2v) is 5.36. The van der Waals surface area contributed by atoms with Crippen molar-refractivity contribution in [1.82, 2.24) is 4.90 Å². The average molecular weight is 241 g/mol. The highest BCUT2D eigenvalue weighted by atomic mass is 16.5. The Morgan fingerprint density at radius 2 is 1.76 bits per heavy atom. The van der Waals surface area contributed by atoms with E-state index in [4.69, 9.17) is 9.47 Å². The number of piperidine rings is 1. The largest absolute Gasteiger partial charge is 0.381 e. The number of rotatable bonds is 6. The van der Waals surface area contributed by atoms with Crippen LogP contribution in [-0.2, 0) is 9.47 Å². The molecule has 0 N–H and O–H groups in total. The zero-order valence-electron chi connectivity index (χ0n) is 11.0. The molecular weight excluding hydrogens is 214 g/mol. The molecule has 3 heteroatoms. The van der Waals surface area contributed by atoms with Crippen molar-refractivity contribution in [3.8, 4) is 0 Å². The standard InChI is InChI=1S/C14H27NO2/c1-2-7-15(8-3-1)9-13-17-12-6-14-4-10-16-11-5-14/h14H,1-13H2. The zero-order chi connectivity index (χ0) is 11.8. The molecule has 2 fully saturated rings. The van der Waals surface area contributed by atoms with Crippen molar-refractivity contribution in [3.05, 3.63) is 0 Å². The predicted molar refractivity (Wildman–Crippen MR) is 69.3 cm³/mol. The van der Waals surface area contributed by atoms with E-state index < -0.39 is 0 Å². The molecule has 0 aromatic rings. The summed E-state index contributed by atoms with van der Waals surface area (Å²) < 4.78 is 11.1. The lowest BCUT2D eigenvalue weighted by molar-refractivity contribution is 0.0426. The average Bonchev–Trinajstić information content (AvgIpc) is 2.41. The summed E-state index contributed by atoms with van der Waals surface area (Å²) in [4.78, 5) is 2.54. The molecular formula is C14H27NO2. The Morgan fingerprint density at radius 3 is 2.53 bits per heavy atom. The van der Waals surface area contributed by atoms with Crippen LogP contribution in [0.3, 0.4) is 0 Å². The van der Waals surface area contributed by atoms with E-state index in [9.17, 15) is 0 Å². The Bertz CT molecular complexity index is 167. The van der Waals surface area contributed by atoms with Crippen molar-refractivity contribution in [2.45, 2.75) is 38.5 Å². The molecule has 0 amide bonds. The molecule has 17 heavy (non-hydrogen) atoms. The van der Waals surface area contributed by atoms with Gasteiger partial charge in [-0.15, -0.1) is 0 Å². The summed E-state index contributed by atoms with van der Waals surface area (Å²) in [6.07, 6.45) is 7.86. The van der Waals surface area contributed by atoms with Crippen LogP contribution < -0.4 is 0 Å². The van der Waals surface area contributed by atoms with Crippen LogP contribution in [-0.4, -0.2) is 51.0 Å². The summed E-state index contributed by atoms with van der Waals surface area (Å²) in [6, 6.07) is 0. The highest BCUT2D eigenvalue weighted by Gasteiger charge is 2.13. The van der Waals surface area contributed by atoms with Gasteiger partial charge in [-0.05, 0) is 51.1 Å². The van der Waals surface area contributed by atoms with Crippen molar-refractivity contribution < 1.29 is 9.47 Å². The topological polar surface area (TPSA) is 21.7 Å². The summed E-state index contributed by atoms with van der Waals surface area (Å²) in [5, 5.41) is 0. The lowest BCUT2D eigenvalue weighted by Crippen LogP contribution is -2.32. The minimum atomic E-state index is 0.846. The fraction of sp³-hybridized carbons (Fsp3) is 1.00. The molecule has 0 aromatic carbocycles. The van der Waals surface area contributed by atoms with Gasteiger partial charge in [-0.25, -0.2) is 0 Å². The molecule has 3 nitrogen and oxygen atoms in total. The maximum Gasteiger partial charge on any atom is 0.0593 e. The van der Waals surface area contributed by atoms with E-state index in [1.807, 2.05) is 0 Å². The smallest absolute Gasteiger partial charge is 0.0593 e. The van der Waals surface area contributed by atoms with E-state index in [0.717, 1.165) is 38.9 Å². The van der Waals surface area contributed by atoms with Crippen LogP contribution in [0.2, 0.25) is 0 Å². The van der Waals surface area contributed by atoms with E-state index in [1.54, 1.807) is 0 Å². The molecule has 0 bridgehead atoms. The summed E-state index contributed by atoms with van der Waals surface area (Å²) in [7, 11) is 0. The van der Waals surface area contributed by atoms with Crippen LogP contribution in [0.1, 0.15) is 38.5 Å². The summed E-state index contributed by atoms with van der Waals surface area (Å²) in [5.74, 6) is 0.846. The molecule has 0 radical (unpaired) electrons. The van der Waals surface area contributed by atoms with Gasteiger partial charge >= 0.3 is 0 Å². The lowest BCUT2D eigenvalue weighted by Gasteiger charge is -2.26. The van der Waals surface area contributed by atoms with Crippen LogP contribution in [0, 0.1) is 5.92 Å². The van der Waals surface area contributed by atoms with Gasteiger partial charge in [0.15, 0.2) is 0 Å². The number of likely N-dealkylation sites (tertiary alicyclic amines) is 1. The summed E-state index contributed by atoms with van der Waals surface area (Å²) in [5.41, 5.74) is 0. The molecule has 2 heterocycles. The first-order chi connectivity index (χ1) is 8.45. The number of hydrogen-bond acceptors (Lipinski definition) is 3. The van der Waals surface area contributed by atoms with E-state index in [0.29, 0.717) is 0 Å². The van der Waals surface area contributed by atoms with Gasteiger partial charge in [0.05, 0.1) is 6.61 Å². The highest BCUT2D eigenvalue weighted by molar-refractivity contribution is 4.65. The maximum atomic E-state index is 5.76. The van der Waals surface area contributed by atoms with Crippen LogP contribution >= 0.6 is 0 Å². The quantitative estimate of drug-likeness (QED) is 0.666. The van der Waals surface area contributed by atoms with E-state index in [2.05, 4.69) is 4.90 Å². The number of hydrogen-bond donors (Lipinski definition) is 0. The minimum absolute atomic E-state index is 0.846. The van der Waals surface area contributed by atoms with Crippen molar-refractivity contribution >= 4 is 0 Å². The van der Waals surface area contributed by atoms with Crippen LogP contribution in [0.4, 0.5) is 0 Å². The molecule has 0 aliphatic carbocycles. The van der Waals surface area contributed by atoms with Crippen molar-refractivity contribution in [3.63, 3.8) is 0 Å². The maximum absolute atomic E-state index is 5.76. The molecule has 0 spiro atoms. The van der Waals surface area contributed by atoms with Crippen molar-refractivity contribution in [2.75, 3.05) is 46.1 Å². The minimum Gasteiger partial charge on any atom is -0.381 e. The fourth-order valence-corrected chi connectivity index (χ4v) is 2.76. The van der Waals surface area contributed by atoms with E-state index in [1.165, 1.54) is 51.6 Å². The Kier molecular flexibility index (Phi) is 6.32. The molecule has 0 unspecified atom stereocenters. The van der Waals surface area contributed by atoms with Gasteiger partial charge in [-0.1, -0.05) is 6.42 Å². The Labute approximate surface area is 105 Å². The van der Waals surface area contributed by atoms with Gasteiger partial charge in [0.1, 0.15) is 0 Å². The van der Waals surface area contributed by atoms with E-state index >= 15 is 0 Å². The summed E-state index contributed by atoms with van der Waals surface area (Å²) >= 11 is 0. The second kappa shape index (κ2) is 8.06. The fourth-order valence-electron chi connectivity index (χ4n) is 2.76.